The number of fused-ring (bicyclic) bond motifs is 1. The number of hydrogen-bond acceptors (Lipinski definition) is 7. The summed E-state index contributed by atoms with van der Waals surface area (Å²) >= 11 is 0. The maximum atomic E-state index is 12.5. The number of rotatable bonds is 7. The van der Waals surface area contributed by atoms with Crippen molar-refractivity contribution in [2.75, 3.05) is 6.61 Å². The zero-order valence-electron chi connectivity index (χ0n) is 15.2. The van der Waals surface area contributed by atoms with E-state index in [9.17, 15) is 9.59 Å². The number of ketones is 1. The van der Waals surface area contributed by atoms with Crippen molar-refractivity contribution in [3.63, 3.8) is 0 Å². The molecule has 0 amide bonds. The molecule has 0 aromatic heterocycles. The molecule has 2 fully saturated rings. The van der Waals surface area contributed by atoms with E-state index in [2.05, 4.69) is 0 Å². The Morgan fingerprint density at radius 3 is 2.58 bits per heavy atom. The number of ether oxygens (including phenoxy) is 5. The van der Waals surface area contributed by atoms with Gasteiger partial charge >= 0.3 is 5.97 Å². The van der Waals surface area contributed by atoms with E-state index in [-0.39, 0.29) is 13.0 Å². The summed E-state index contributed by atoms with van der Waals surface area (Å²) in [6, 6.07) is 9.60. The van der Waals surface area contributed by atoms with Crippen molar-refractivity contribution in [1.29, 1.82) is 0 Å². The van der Waals surface area contributed by atoms with E-state index in [0.29, 0.717) is 6.61 Å². The largest absolute Gasteiger partial charge is 0.466 e. The summed E-state index contributed by atoms with van der Waals surface area (Å²) in [6.07, 6.45) is -3.21. The van der Waals surface area contributed by atoms with Gasteiger partial charge in [0.15, 0.2) is 17.9 Å². The summed E-state index contributed by atoms with van der Waals surface area (Å²) in [4.78, 5) is 24.2. The van der Waals surface area contributed by atoms with Gasteiger partial charge in [-0.05, 0) is 26.3 Å². The van der Waals surface area contributed by atoms with Crippen LogP contribution in [-0.2, 0) is 39.9 Å². The quantitative estimate of drug-likeness (QED) is 0.540. The number of carbonyl (C=O) groups is 2. The lowest BCUT2D eigenvalue weighted by Crippen LogP contribution is -2.41. The second kappa shape index (κ2) is 7.84. The van der Waals surface area contributed by atoms with Crippen molar-refractivity contribution >= 4 is 11.8 Å². The molecule has 0 unspecified atom stereocenters. The van der Waals surface area contributed by atoms with Crippen LogP contribution in [0.1, 0.15) is 32.8 Å². The highest BCUT2D eigenvalue weighted by Gasteiger charge is 2.57. The zero-order chi connectivity index (χ0) is 18.7. The first kappa shape index (κ1) is 19.0. The summed E-state index contributed by atoms with van der Waals surface area (Å²) < 4.78 is 28.1. The normalized spacial score (nSPS) is 29.3. The van der Waals surface area contributed by atoms with Crippen molar-refractivity contribution < 1.29 is 33.3 Å². The van der Waals surface area contributed by atoms with Crippen molar-refractivity contribution in [3.05, 3.63) is 35.9 Å². The van der Waals surface area contributed by atoms with Crippen molar-refractivity contribution in [2.45, 2.75) is 64.2 Å². The van der Waals surface area contributed by atoms with Crippen LogP contribution in [0.3, 0.4) is 0 Å². The Bertz CT molecular complexity index is 643. The van der Waals surface area contributed by atoms with Crippen LogP contribution < -0.4 is 0 Å². The van der Waals surface area contributed by atoms with Gasteiger partial charge in [-0.25, -0.2) is 0 Å². The van der Waals surface area contributed by atoms with Gasteiger partial charge in [0.1, 0.15) is 24.7 Å². The predicted octanol–water partition coefficient (Wildman–Crippen LogP) is 1.97. The van der Waals surface area contributed by atoms with Crippen LogP contribution in [-0.4, -0.2) is 48.7 Å². The van der Waals surface area contributed by atoms with Gasteiger partial charge in [-0.3, -0.25) is 9.59 Å². The Balaban J connectivity index is 1.70. The smallest absolute Gasteiger partial charge is 0.313 e. The second-order valence-corrected chi connectivity index (χ2v) is 6.73. The van der Waals surface area contributed by atoms with Gasteiger partial charge in [-0.1, -0.05) is 30.3 Å². The van der Waals surface area contributed by atoms with Crippen LogP contribution >= 0.6 is 0 Å². The van der Waals surface area contributed by atoms with E-state index in [1.165, 1.54) is 0 Å². The summed E-state index contributed by atoms with van der Waals surface area (Å²) in [5.74, 6) is -1.80. The molecule has 2 heterocycles. The Hall–Kier alpha value is -1.80. The Labute approximate surface area is 152 Å². The van der Waals surface area contributed by atoms with E-state index in [1.807, 2.05) is 30.3 Å². The first-order chi connectivity index (χ1) is 12.4. The average Bonchev–Trinajstić information content (AvgIpc) is 3.06. The summed E-state index contributed by atoms with van der Waals surface area (Å²) in [6.45, 7) is 5.76. The van der Waals surface area contributed by atoms with Crippen LogP contribution in [0, 0.1) is 0 Å². The van der Waals surface area contributed by atoms with Crippen LogP contribution in [0.15, 0.2) is 30.3 Å². The SMILES string of the molecule is CCOC(=O)CC(=O)[C@H]1O[C@@H]2OC(C)(C)O[C@@H]2[C@H]1OCc1ccccc1. The standard InChI is InChI=1S/C19H24O7/c1-4-22-14(21)10-13(20)15-16(23-11-12-8-6-5-7-9-12)17-18(24-15)26-19(2,3)25-17/h5-9,15-18H,4,10-11H2,1-3H3/t15-,16+,17-,18-/m1/s1. The van der Waals surface area contributed by atoms with E-state index in [4.69, 9.17) is 23.7 Å². The van der Waals surface area contributed by atoms with Gasteiger partial charge in [-0.15, -0.1) is 0 Å². The number of benzene rings is 1. The molecule has 4 atom stereocenters. The molecule has 7 heteroatoms. The Kier molecular flexibility index (Phi) is 5.72. The van der Waals surface area contributed by atoms with E-state index < -0.39 is 42.1 Å². The molecule has 142 valence electrons. The summed E-state index contributed by atoms with van der Waals surface area (Å²) in [7, 11) is 0. The molecule has 2 aliphatic rings. The lowest BCUT2D eigenvalue weighted by atomic mass is 10.0. The molecule has 1 aromatic carbocycles. The number of Topliss-reactive ketones (excluding diaryl/α,β-unsaturated/α-hetero) is 1. The van der Waals surface area contributed by atoms with Crippen LogP contribution in [0.25, 0.3) is 0 Å². The third kappa shape index (κ3) is 4.29. The molecule has 0 spiro atoms. The molecule has 0 bridgehead atoms. The van der Waals surface area contributed by atoms with E-state index >= 15 is 0 Å². The number of esters is 1. The third-order valence-electron chi connectivity index (χ3n) is 4.22. The fraction of sp³-hybridized carbons (Fsp3) is 0.579. The van der Waals surface area contributed by atoms with Crippen molar-refractivity contribution in [1.82, 2.24) is 0 Å². The molecule has 0 aliphatic carbocycles. The molecule has 2 saturated heterocycles. The summed E-state index contributed by atoms with van der Waals surface area (Å²) in [5, 5.41) is 0. The molecule has 7 nitrogen and oxygen atoms in total. The topological polar surface area (TPSA) is 80.3 Å². The van der Waals surface area contributed by atoms with E-state index in [1.54, 1.807) is 20.8 Å². The first-order valence-electron chi connectivity index (χ1n) is 8.74. The molecule has 0 saturated carbocycles. The van der Waals surface area contributed by atoms with Gasteiger partial charge in [0.05, 0.1) is 13.2 Å². The van der Waals surface area contributed by atoms with Crippen LogP contribution in [0.4, 0.5) is 0 Å². The predicted molar refractivity (Wildman–Crippen MR) is 90.0 cm³/mol. The van der Waals surface area contributed by atoms with Gasteiger partial charge in [-0.2, -0.15) is 0 Å². The second-order valence-electron chi connectivity index (χ2n) is 6.73. The monoisotopic (exact) mass is 364 g/mol. The Morgan fingerprint density at radius 1 is 1.15 bits per heavy atom. The first-order valence-corrected chi connectivity index (χ1v) is 8.74. The van der Waals surface area contributed by atoms with Gasteiger partial charge in [0.25, 0.3) is 0 Å². The van der Waals surface area contributed by atoms with Gasteiger partial charge < -0.3 is 23.7 Å². The van der Waals surface area contributed by atoms with Gasteiger partial charge in [0.2, 0.25) is 0 Å². The molecule has 0 radical (unpaired) electrons. The van der Waals surface area contributed by atoms with Crippen molar-refractivity contribution in [2.24, 2.45) is 0 Å². The minimum Gasteiger partial charge on any atom is -0.466 e. The lowest BCUT2D eigenvalue weighted by Gasteiger charge is -2.25. The highest BCUT2D eigenvalue weighted by atomic mass is 16.8. The van der Waals surface area contributed by atoms with Crippen molar-refractivity contribution in [3.8, 4) is 0 Å². The maximum absolute atomic E-state index is 12.5. The summed E-state index contributed by atoms with van der Waals surface area (Å²) in [5.41, 5.74) is 0.964. The molecule has 2 aliphatic heterocycles. The third-order valence-corrected chi connectivity index (χ3v) is 4.22. The number of hydrogen-bond donors (Lipinski definition) is 0. The highest BCUT2D eigenvalue weighted by Crippen LogP contribution is 2.39. The fourth-order valence-electron chi connectivity index (χ4n) is 3.14. The number of carbonyl (C=O) groups excluding carboxylic acids is 2. The van der Waals surface area contributed by atoms with Crippen LogP contribution in [0.2, 0.25) is 0 Å². The molecular weight excluding hydrogens is 340 g/mol. The van der Waals surface area contributed by atoms with E-state index in [0.717, 1.165) is 5.56 Å². The molecule has 26 heavy (non-hydrogen) atoms. The fourth-order valence-corrected chi connectivity index (χ4v) is 3.14. The highest BCUT2D eigenvalue weighted by molar-refractivity contribution is 5.98. The average molecular weight is 364 g/mol. The Morgan fingerprint density at radius 2 is 1.88 bits per heavy atom. The maximum Gasteiger partial charge on any atom is 0.313 e. The van der Waals surface area contributed by atoms with Gasteiger partial charge in [0, 0.05) is 0 Å². The van der Waals surface area contributed by atoms with Crippen LogP contribution in [0.5, 0.6) is 0 Å². The molecule has 1 aromatic rings. The molecule has 3 rings (SSSR count). The zero-order valence-corrected chi connectivity index (χ0v) is 15.2. The lowest BCUT2D eigenvalue weighted by molar-refractivity contribution is -0.218. The molecular formula is C19H24O7. The minimum absolute atomic E-state index is 0.219. The molecule has 0 N–H and O–H groups in total. The minimum atomic E-state index is -0.936.